The highest BCUT2D eigenvalue weighted by atomic mass is 35.5. The first-order valence-electron chi connectivity index (χ1n) is 8.14. The number of benzene rings is 1. The first-order valence-corrected chi connectivity index (χ1v) is 8.95. The second-order valence-corrected chi connectivity index (χ2v) is 7.31. The molecule has 2 unspecified atom stereocenters. The van der Waals surface area contributed by atoms with E-state index >= 15 is 0 Å². The summed E-state index contributed by atoms with van der Waals surface area (Å²) in [5.74, 6) is 0.502. The normalized spacial score (nSPS) is 18.0. The Labute approximate surface area is 165 Å². The highest BCUT2D eigenvalue weighted by molar-refractivity contribution is 7.17. The van der Waals surface area contributed by atoms with Gasteiger partial charge in [0.2, 0.25) is 0 Å². The van der Waals surface area contributed by atoms with Crippen LogP contribution in [0.5, 0.6) is 0 Å². The fourth-order valence-corrected chi connectivity index (χ4v) is 4.11. The number of aromatic nitrogens is 1. The molecule has 0 bridgehead atoms. The molecule has 2 aromatic rings. The van der Waals surface area contributed by atoms with Crippen molar-refractivity contribution in [3.63, 3.8) is 0 Å². The van der Waals surface area contributed by atoms with Crippen LogP contribution in [-0.4, -0.2) is 34.9 Å². The fraction of sp³-hybridized carbons (Fsp3) is 0.444. The summed E-state index contributed by atoms with van der Waals surface area (Å²) in [5.41, 5.74) is 7.91. The molecule has 1 aromatic carbocycles. The summed E-state index contributed by atoms with van der Waals surface area (Å²) in [6.45, 7) is 5.53. The quantitative estimate of drug-likeness (QED) is 0.839. The number of carbonyl (C=O) groups is 1. The number of hydrogen-bond acceptors (Lipinski definition) is 4. The van der Waals surface area contributed by atoms with E-state index in [1.807, 2.05) is 49.1 Å². The van der Waals surface area contributed by atoms with Crippen molar-refractivity contribution in [3.8, 4) is 10.6 Å². The van der Waals surface area contributed by atoms with Gasteiger partial charge < -0.3 is 10.6 Å². The van der Waals surface area contributed by atoms with Crippen molar-refractivity contribution in [3.05, 3.63) is 40.9 Å². The second kappa shape index (κ2) is 9.53. The standard InChI is InChI=1S/C18H23N3OS.2ClH/c1-12(19)15-9-6-10-21(11-15)18(22)16-13(2)20-17(23-16)14-7-4-3-5-8-14;;/h3-5,7-8,12,15H,6,9-11,19H2,1-2H3;2*1H. The predicted molar refractivity (Wildman–Crippen MR) is 109 cm³/mol. The SMILES string of the molecule is Cc1nc(-c2ccccc2)sc1C(=O)N1CCCC(C(C)N)C1.Cl.Cl. The molecule has 4 nitrogen and oxygen atoms in total. The largest absolute Gasteiger partial charge is 0.338 e. The molecule has 0 radical (unpaired) electrons. The second-order valence-electron chi connectivity index (χ2n) is 6.31. The van der Waals surface area contributed by atoms with Gasteiger partial charge in [0, 0.05) is 24.7 Å². The monoisotopic (exact) mass is 401 g/mol. The van der Waals surface area contributed by atoms with E-state index in [0.29, 0.717) is 5.92 Å². The van der Waals surface area contributed by atoms with Crippen LogP contribution in [0.1, 0.15) is 35.1 Å². The van der Waals surface area contributed by atoms with Crippen LogP contribution in [0.15, 0.2) is 30.3 Å². The third kappa shape index (κ3) is 4.94. The van der Waals surface area contributed by atoms with Crippen LogP contribution in [-0.2, 0) is 0 Å². The molecule has 1 fully saturated rings. The molecule has 0 spiro atoms. The van der Waals surface area contributed by atoms with Gasteiger partial charge in [0.25, 0.3) is 5.91 Å². The average molecular weight is 402 g/mol. The molecule has 2 N–H and O–H groups in total. The Kier molecular flexibility index (Phi) is 8.35. The highest BCUT2D eigenvalue weighted by Crippen LogP contribution is 2.30. The number of amides is 1. The molecule has 0 aliphatic carbocycles. The molecule has 1 aromatic heterocycles. The molecule has 0 saturated carbocycles. The summed E-state index contributed by atoms with van der Waals surface area (Å²) >= 11 is 1.49. The van der Waals surface area contributed by atoms with E-state index < -0.39 is 0 Å². The number of piperidine rings is 1. The zero-order valence-corrected chi connectivity index (χ0v) is 16.9. The van der Waals surface area contributed by atoms with Crippen LogP contribution in [0.2, 0.25) is 0 Å². The summed E-state index contributed by atoms with van der Waals surface area (Å²) in [6.07, 6.45) is 2.14. The van der Waals surface area contributed by atoms with E-state index in [9.17, 15) is 4.79 Å². The van der Waals surface area contributed by atoms with Crippen molar-refractivity contribution in [1.82, 2.24) is 9.88 Å². The molecule has 2 heterocycles. The minimum Gasteiger partial charge on any atom is -0.338 e. The molecular formula is C18H25Cl2N3OS. The number of thiazole rings is 1. The Morgan fingerprint density at radius 3 is 2.64 bits per heavy atom. The van der Waals surface area contributed by atoms with Crippen LogP contribution in [0, 0.1) is 12.8 Å². The molecular weight excluding hydrogens is 377 g/mol. The van der Waals surface area contributed by atoms with E-state index in [2.05, 4.69) is 4.98 Å². The average Bonchev–Trinajstić information content (AvgIpc) is 2.97. The fourth-order valence-electron chi connectivity index (χ4n) is 3.07. The molecule has 3 rings (SSSR count). The maximum atomic E-state index is 12.9. The zero-order chi connectivity index (χ0) is 16.4. The summed E-state index contributed by atoms with van der Waals surface area (Å²) in [5, 5.41) is 0.909. The molecule has 1 aliphatic rings. The van der Waals surface area contributed by atoms with E-state index in [-0.39, 0.29) is 36.8 Å². The Morgan fingerprint density at radius 2 is 2.00 bits per heavy atom. The lowest BCUT2D eigenvalue weighted by atomic mass is 9.92. The van der Waals surface area contributed by atoms with E-state index in [0.717, 1.165) is 47.1 Å². The summed E-state index contributed by atoms with van der Waals surface area (Å²) in [6, 6.07) is 10.2. The van der Waals surface area contributed by atoms with Gasteiger partial charge in [-0.2, -0.15) is 0 Å². The van der Waals surface area contributed by atoms with Gasteiger partial charge in [-0.3, -0.25) is 4.79 Å². The Bertz CT molecular complexity index is 691. The number of nitrogens with two attached hydrogens (primary N) is 1. The number of likely N-dealkylation sites (tertiary alicyclic amines) is 1. The predicted octanol–water partition coefficient (Wildman–Crippen LogP) is 4.16. The van der Waals surface area contributed by atoms with Crippen molar-refractivity contribution in [1.29, 1.82) is 0 Å². The lowest BCUT2D eigenvalue weighted by molar-refractivity contribution is 0.0665. The van der Waals surface area contributed by atoms with Gasteiger partial charge in [-0.25, -0.2) is 4.98 Å². The molecule has 7 heteroatoms. The maximum Gasteiger partial charge on any atom is 0.265 e. The lowest BCUT2D eigenvalue weighted by Crippen LogP contribution is -2.45. The van der Waals surface area contributed by atoms with Crippen molar-refractivity contribution >= 4 is 42.1 Å². The van der Waals surface area contributed by atoms with Gasteiger partial charge in [-0.1, -0.05) is 30.3 Å². The number of rotatable bonds is 3. The number of carbonyl (C=O) groups excluding carboxylic acids is 1. The molecule has 138 valence electrons. The third-order valence-corrected chi connectivity index (χ3v) is 5.69. The highest BCUT2D eigenvalue weighted by Gasteiger charge is 2.28. The molecule has 2 atom stereocenters. The zero-order valence-electron chi connectivity index (χ0n) is 14.5. The van der Waals surface area contributed by atoms with Crippen LogP contribution < -0.4 is 5.73 Å². The number of aryl methyl sites for hydroxylation is 1. The lowest BCUT2D eigenvalue weighted by Gasteiger charge is -2.34. The number of halogens is 2. The van der Waals surface area contributed by atoms with E-state index in [1.165, 1.54) is 11.3 Å². The number of nitrogens with zero attached hydrogens (tertiary/aromatic N) is 2. The Balaban J connectivity index is 0.00000156. The molecule has 1 amide bonds. The minimum absolute atomic E-state index is 0. The van der Waals surface area contributed by atoms with Crippen LogP contribution in [0.3, 0.4) is 0 Å². The van der Waals surface area contributed by atoms with Gasteiger partial charge in [0.1, 0.15) is 9.88 Å². The Morgan fingerprint density at radius 1 is 1.32 bits per heavy atom. The summed E-state index contributed by atoms with van der Waals surface area (Å²) in [7, 11) is 0. The van der Waals surface area contributed by atoms with E-state index in [4.69, 9.17) is 5.73 Å². The van der Waals surface area contributed by atoms with Gasteiger partial charge >= 0.3 is 0 Å². The van der Waals surface area contributed by atoms with Crippen LogP contribution in [0.25, 0.3) is 10.6 Å². The van der Waals surface area contributed by atoms with Gasteiger partial charge in [0.05, 0.1) is 5.69 Å². The number of hydrogen-bond donors (Lipinski definition) is 1. The van der Waals surface area contributed by atoms with E-state index in [1.54, 1.807) is 0 Å². The first kappa shape index (κ1) is 21.9. The van der Waals surface area contributed by atoms with Crippen molar-refractivity contribution in [2.75, 3.05) is 13.1 Å². The Hall–Kier alpha value is -1.14. The van der Waals surface area contributed by atoms with Crippen molar-refractivity contribution < 1.29 is 4.79 Å². The first-order chi connectivity index (χ1) is 11.1. The summed E-state index contributed by atoms with van der Waals surface area (Å²) < 4.78 is 0. The third-order valence-electron chi connectivity index (χ3n) is 4.50. The minimum atomic E-state index is 0. The van der Waals surface area contributed by atoms with Crippen LogP contribution in [0.4, 0.5) is 0 Å². The van der Waals surface area contributed by atoms with Crippen molar-refractivity contribution in [2.24, 2.45) is 11.7 Å². The summed E-state index contributed by atoms with van der Waals surface area (Å²) in [4.78, 5) is 20.2. The topological polar surface area (TPSA) is 59.2 Å². The van der Waals surface area contributed by atoms with Crippen LogP contribution >= 0.6 is 36.2 Å². The van der Waals surface area contributed by atoms with Crippen molar-refractivity contribution in [2.45, 2.75) is 32.7 Å². The molecule has 1 aliphatic heterocycles. The van der Waals surface area contributed by atoms with Gasteiger partial charge in [-0.15, -0.1) is 36.2 Å². The molecule has 25 heavy (non-hydrogen) atoms. The maximum absolute atomic E-state index is 12.9. The van der Waals surface area contributed by atoms with Gasteiger partial charge in [0.15, 0.2) is 0 Å². The smallest absolute Gasteiger partial charge is 0.265 e. The van der Waals surface area contributed by atoms with Gasteiger partial charge in [-0.05, 0) is 32.6 Å². The molecule has 1 saturated heterocycles.